The second kappa shape index (κ2) is 9.08. The predicted molar refractivity (Wildman–Crippen MR) is 80.8 cm³/mol. The van der Waals surface area contributed by atoms with Gasteiger partial charge >= 0.3 is 0 Å². The van der Waals surface area contributed by atoms with E-state index in [2.05, 4.69) is 26.1 Å². The summed E-state index contributed by atoms with van der Waals surface area (Å²) in [5.74, 6) is 1.21. The normalized spacial score (nSPS) is 14.3. The number of rotatable bonds is 9. The maximum Gasteiger partial charge on any atom is 0.123 e. The molecule has 0 saturated heterocycles. The third-order valence-electron chi connectivity index (χ3n) is 3.71. The van der Waals surface area contributed by atoms with Gasteiger partial charge in [-0.05, 0) is 61.9 Å². The van der Waals surface area contributed by atoms with Crippen LogP contribution in [0.5, 0.6) is 0 Å². The highest BCUT2D eigenvalue weighted by atomic mass is 19.1. The fourth-order valence-electron chi connectivity index (χ4n) is 2.45. The third kappa shape index (κ3) is 6.72. The van der Waals surface area contributed by atoms with Crippen LogP contribution in [0.1, 0.15) is 45.6 Å². The number of hydrogen-bond acceptors (Lipinski definition) is 1. The summed E-state index contributed by atoms with van der Waals surface area (Å²) >= 11 is 0. The zero-order chi connectivity index (χ0) is 14.1. The Morgan fingerprint density at radius 1 is 1.26 bits per heavy atom. The monoisotopic (exact) mass is 265 g/mol. The molecule has 1 aromatic carbocycles. The molecule has 1 rings (SSSR count). The average Bonchev–Trinajstić information content (AvgIpc) is 2.38. The Kier molecular flexibility index (Phi) is 7.73. The molecule has 0 aliphatic heterocycles. The van der Waals surface area contributed by atoms with Gasteiger partial charge in [0.25, 0.3) is 0 Å². The van der Waals surface area contributed by atoms with E-state index in [-0.39, 0.29) is 5.82 Å². The van der Waals surface area contributed by atoms with Gasteiger partial charge in [0.15, 0.2) is 0 Å². The third-order valence-corrected chi connectivity index (χ3v) is 3.71. The van der Waals surface area contributed by atoms with Crippen LogP contribution in [0.2, 0.25) is 0 Å². The van der Waals surface area contributed by atoms with Crippen molar-refractivity contribution in [1.82, 2.24) is 5.32 Å². The molecule has 0 spiro atoms. The van der Waals surface area contributed by atoms with Crippen molar-refractivity contribution in [3.63, 3.8) is 0 Å². The van der Waals surface area contributed by atoms with E-state index in [0.29, 0.717) is 5.92 Å². The average molecular weight is 265 g/mol. The molecule has 0 heterocycles. The minimum absolute atomic E-state index is 0.124. The first-order chi connectivity index (χ1) is 9.15. The van der Waals surface area contributed by atoms with E-state index in [0.717, 1.165) is 37.4 Å². The summed E-state index contributed by atoms with van der Waals surface area (Å²) in [6.45, 7) is 8.83. The van der Waals surface area contributed by atoms with Crippen LogP contribution >= 0.6 is 0 Å². The highest BCUT2D eigenvalue weighted by molar-refractivity contribution is 5.16. The summed E-state index contributed by atoms with van der Waals surface area (Å²) in [6, 6.07) is 7.03. The van der Waals surface area contributed by atoms with Gasteiger partial charge in [-0.15, -0.1) is 0 Å². The van der Waals surface area contributed by atoms with Crippen LogP contribution < -0.4 is 5.32 Å². The molecule has 0 saturated carbocycles. The SMILES string of the molecule is CCCNCC(Cc1cccc(F)c1)CC(C)CC. The number of nitrogens with one attached hydrogen (secondary N) is 1. The predicted octanol–water partition coefficient (Wildman–Crippen LogP) is 4.42. The summed E-state index contributed by atoms with van der Waals surface area (Å²) in [7, 11) is 0. The largest absolute Gasteiger partial charge is 0.316 e. The molecule has 0 radical (unpaired) electrons. The molecule has 2 heteroatoms. The first kappa shape index (κ1) is 16.2. The molecule has 1 aromatic rings. The van der Waals surface area contributed by atoms with Gasteiger partial charge in [0.2, 0.25) is 0 Å². The highest BCUT2D eigenvalue weighted by Gasteiger charge is 2.13. The van der Waals surface area contributed by atoms with Crippen molar-refractivity contribution in [3.05, 3.63) is 35.6 Å². The zero-order valence-corrected chi connectivity index (χ0v) is 12.6. The van der Waals surface area contributed by atoms with E-state index in [4.69, 9.17) is 0 Å². The van der Waals surface area contributed by atoms with Gasteiger partial charge in [-0.2, -0.15) is 0 Å². The van der Waals surface area contributed by atoms with E-state index in [1.165, 1.54) is 18.9 Å². The van der Waals surface area contributed by atoms with E-state index < -0.39 is 0 Å². The molecule has 2 unspecified atom stereocenters. The second-order valence-corrected chi connectivity index (χ2v) is 5.65. The van der Waals surface area contributed by atoms with Gasteiger partial charge in [-0.1, -0.05) is 39.3 Å². The molecule has 0 bridgehead atoms. The summed E-state index contributed by atoms with van der Waals surface area (Å²) in [6.07, 6.45) is 4.56. The molecule has 1 N–H and O–H groups in total. The van der Waals surface area contributed by atoms with Crippen LogP contribution in [0, 0.1) is 17.7 Å². The van der Waals surface area contributed by atoms with E-state index in [9.17, 15) is 4.39 Å². The maximum atomic E-state index is 13.2. The summed E-state index contributed by atoms with van der Waals surface area (Å²) in [5, 5.41) is 3.51. The number of halogens is 1. The Morgan fingerprint density at radius 3 is 2.68 bits per heavy atom. The van der Waals surface area contributed by atoms with E-state index >= 15 is 0 Å². The fraction of sp³-hybridized carbons (Fsp3) is 0.647. The van der Waals surface area contributed by atoms with Gasteiger partial charge in [-0.25, -0.2) is 4.39 Å². The Morgan fingerprint density at radius 2 is 2.05 bits per heavy atom. The van der Waals surface area contributed by atoms with Crippen LogP contribution in [0.25, 0.3) is 0 Å². The standard InChI is InChI=1S/C17H28FN/c1-4-9-19-13-16(10-14(3)5-2)11-15-7-6-8-17(18)12-15/h6-8,12,14,16,19H,4-5,9-11,13H2,1-3H3. The van der Waals surface area contributed by atoms with E-state index in [1.807, 2.05) is 12.1 Å². The lowest BCUT2D eigenvalue weighted by molar-refractivity contribution is 0.363. The summed E-state index contributed by atoms with van der Waals surface area (Å²) in [5.41, 5.74) is 1.12. The summed E-state index contributed by atoms with van der Waals surface area (Å²) < 4.78 is 13.2. The van der Waals surface area contributed by atoms with Crippen LogP contribution in [0.3, 0.4) is 0 Å². The van der Waals surface area contributed by atoms with Crippen LogP contribution in [-0.2, 0) is 6.42 Å². The Bertz CT molecular complexity index is 351. The Labute approximate surface area is 117 Å². The van der Waals surface area contributed by atoms with Crippen molar-refractivity contribution in [2.45, 2.75) is 46.5 Å². The lowest BCUT2D eigenvalue weighted by Gasteiger charge is -2.21. The topological polar surface area (TPSA) is 12.0 Å². The Balaban J connectivity index is 2.56. The fourth-order valence-corrected chi connectivity index (χ4v) is 2.45. The van der Waals surface area contributed by atoms with Gasteiger partial charge in [0.05, 0.1) is 0 Å². The molecule has 0 aromatic heterocycles. The van der Waals surface area contributed by atoms with Crippen LogP contribution in [0.4, 0.5) is 4.39 Å². The molecule has 0 amide bonds. The quantitative estimate of drug-likeness (QED) is 0.652. The van der Waals surface area contributed by atoms with E-state index in [1.54, 1.807) is 6.07 Å². The van der Waals surface area contributed by atoms with Crippen molar-refractivity contribution in [2.75, 3.05) is 13.1 Å². The molecule has 19 heavy (non-hydrogen) atoms. The molecule has 108 valence electrons. The van der Waals surface area contributed by atoms with Crippen molar-refractivity contribution < 1.29 is 4.39 Å². The van der Waals surface area contributed by atoms with Crippen molar-refractivity contribution in [2.24, 2.45) is 11.8 Å². The molecule has 2 atom stereocenters. The van der Waals surface area contributed by atoms with Crippen molar-refractivity contribution >= 4 is 0 Å². The van der Waals surface area contributed by atoms with Crippen LogP contribution in [0.15, 0.2) is 24.3 Å². The van der Waals surface area contributed by atoms with Gasteiger partial charge in [0.1, 0.15) is 5.82 Å². The minimum Gasteiger partial charge on any atom is -0.316 e. The van der Waals surface area contributed by atoms with Crippen molar-refractivity contribution in [1.29, 1.82) is 0 Å². The number of benzene rings is 1. The molecule has 0 aliphatic carbocycles. The molecule has 0 fully saturated rings. The van der Waals surface area contributed by atoms with Gasteiger partial charge < -0.3 is 5.32 Å². The molecule has 1 nitrogen and oxygen atoms in total. The number of hydrogen-bond donors (Lipinski definition) is 1. The smallest absolute Gasteiger partial charge is 0.123 e. The second-order valence-electron chi connectivity index (χ2n) is 5.65. The molecule has 0 aliphatic rings. The van der Waals surface area contributed by atoms with Crippen LogP contribution in [-0.4, -0.2) is 13.1 Å². The highest BCUT2D eigenvalue weighted by Crippen LogP contribution is 2.19. The lowest BCUT2D eigenvalue weighted by Crippen LogP contribution is -2.26. The minimum atomic E-state index is -0.124. The summed E-state index contributed by atoms with van der Waals surface area (Å²) in [4.78, 5) is 0. The van der Waals surface area contributed by atoms with Gasteiger partial charge in [-0.3, -0.25) is 0 Å². The first-order valence-corrected chi connectivity index (χ1v) is 7.60. The maximum absolute atomic E-state index is 13.2. The molecular weight excluding hydrogens is 237 g/mol. The molecular formula is C17H28FN. The Hall–Kier alpha value is -0.890. The van der Waals surface area contributed by atoms with Crippen molar-refractivity contribution in [3.8, 4) is 0 Å². The zero-order valence-electron chi connectivity index (χ0n) is 12.6. The van der Waals surface area contributed by atoms with Gasteiger partial charge in [0, 0.05) is 0 Å². The lowest BCUT2D eigenvalue weighted by atomic mass is 9.89. The first-order valence-electron chi connectivity index (χ1n) is 7.60.